The number of aliphatic hydroxyl groups is 1. The van der Waals surface area contributed by atoms with Crippen LogP contribution in [0.5, 0.6) is 0 Å². The van der Waals surface area contributed by atoms with E-state index in [1.54, 1.807) is 0 Å². The van der Waals surface area contributed by atoms with Gasteiger partial charge in [0.15, 0.2) is 5.78 Å². The number of benzene rings is 1. The van der Waals surface area contributed by atoms with Crippen molar-refractivity contribution in [3.05, 3.63) is 41.2 Å². The quantitative estimate of drug-likeness (QED) is 0.626. The normalized spacial score (nSPS) is 22.0. The molecule has 0 unspecified atom stereocenters. The third-order valence-corrected chi connectivity index (χ3v) is 4.00. The summed E-state index contributed by atoms with van der Waals surface area (Å²) in [4.78, 5) is 17.2. The Morgan fingerprint density at radius 1 is 1.27 bits per heavy atom. The number of para-hydroxylation sites is 1. The smallest absolute Gasteiger partial charge is 0.168 e. The molecule has 1 N–H and O–H groups in total. The second-order valence-electron chi connectivity index (χ2n) is 6.86. The highest BCUT2D eigenvalue weighted by atomic mass is 16.3. The number of carbonyl (C=O) groups excluding carboxylic acids is 1. The molecule has 3 nitrogen and oxygen atoms in total. The predicted molar refractivity (Wildman–Crippen MR) is 90.9 cm³/mol. The predicted octanol–water partition coefficient (Wildman–Crippen LogP) is 5.07. The van der Waals surface area contributed by atoms with E-state index in [9.17, 15) is 9.90 Å². The van der Waals surface area contributed by atoms with Crippen LogP contribution in [-0.2, 0) is 4.79 Å². The minimum absolute atomic E-state index is 0.00883. The Morgan fingerprint density at radius 2 is 1.95 bits per heavy atom. The minimum atomic E-state index is -0.116. The van der Waals surface area contributed by atoms with E-state index in [2.05, 4.69) is 13.8 Å². The Balaban J connectivity index is 2.53. The first-order valence-corrected chi connectivity index (χ1v) is 7.93. The highest BCUT2D eigenvalue weighted by Crippen LogP contribution is 2.37. The molecule has 118 valence electrons. The molecule has 1 fully saturated rings. The van der Waals surface area contributed by atoms with Gasteiger partial charge in [-0.05, 0) is 36.8 Å². The van der Waals surface area contributed by atoms with Crippen molar-refractivity contribution in [1.29, 1.82) is 0 Å². The van der Waals surface area contributed by atoms with Crippen LogP contribution in [0.4, 0.5) is 5.69 Å². The van der Waals surface area contributed by atoms with Gasteiger partial charge < -0.3 is 5.11 Å². The first-order valence-electron chi connectivity index (χ1n) is 7.93. The van der Waals surface area contributed by atoms with Gasteiger partial charge in [-0.15, -0.1) is 0 Å². The summed E-state index contributed by atoms with van der Waals surface area (Å²) < 4.78 is 0. The Kier molecular flexibility index (Phi) is 4.84. The second-order valence-corrected chi connectivity index (χ2v) is 6.86. The lowest BCUT2D eigenvalue weighted by Crippen LogP contribution is -2.32. The number of carbonyl (C=O) groups is 1. The molecule has 0 aromatic heterocycles. The number of hydrogen-bond donors (Lipinski definition) is 1. The molecular weight excluding hydrogens is 274 g/mol. The molecule has 1 aliphatic carbocycles. The van der Waals surface area contributed by atoms with E-state index < -0.39 is 0 Å². The van der Waals surface area contributed by atoms with Crippen LogP contribution < -0.4 is 0 Å². The van der Waals surface area contributed by atoms with E-state index in [1.807, 2.05) is 38.1 Å². The number of nitrogens with zero attached hydrogens (tertiary/aromatic N) is 1. The second kappa shape index (κ2) is 6.47. The number of allylic oxidation sites excluding steroid dienone is 2. The molecule has 0 spiro atoms. The molecule has 0 saturated heterocycles. The van der Waals surface area contributed by atoms with Crippen LogP contribution in [0, 0.1) is 12.3 Å². The lowest BCUT2D eigenvalue weighted by atomic mass is 9.73. The summed E-state index contributed by atoms with van der Waals surface area (Å²) in [5.41, 5.74) is 2.99. The highest BCUT2D eigenvalue weighted by Gasteiger charge is 2.36. The fraction of sp³-hybridized carbons (Fsp3) is 0.474. The number of aryl methyl sites for hydroxylation is 1. The molecule has 1 aromatic carbocycles. The van der Waals surface area contributed by atoms with Gasteiger partial charge in [0.05, 0.1) is 17.0 Å². The maximum atomic E-state index is 12.5. The SMILES string of the molecule is CCC/C(O)=C1\C(=O)CC(C)(C)CC1=Nc1ccccc1C. The van der Waals surface area contributed by atoms with Gasteiger partial charge in [-0.2, -0.15) is 0 Å². The van der Waals surface area contributed by atoms with Gasteiger partial charge in [0.1, 0.15) is 5.76 Å². The topological polar surface area (TPSA) is 49.7 Å². The van der Waals surface area contributed by atoms with Crippen LogP contribution in [-0.4, -0.2) is 16.6 Å². The summed E-state index contributed by atoms with van der Waals surface area (Å²) >= 11 is 0. The van der Waals surface area contributed by atoms with Crippen molar-refractivity contribution >= 4 is 17.2 Å². The number of rotatable bonds is 3. The van der Waals surface area contributed by atoms with E-state index in [1.165, 1.54) is 0 Å². The molecule has 3 heteroatoms. The summed E-state index contributed by atoms with van der Waals surface area (Å²) in [7, 11) is 0. The van der Waals surface area contributed by atoms with Gasteiger partial charge in [-0.3, -0.25) is 9.79 Å². The minimum Gasteiger partial charge on any atom is -0.511 e. The monoisotopic (exact) mass is 299 g/mol. The van der Waals surface area contributed by atoms with Crippen molar-refractivity contribution in [2.24, 2.45) is 10.4 Å². The average molecular weight is 299 g/mol. The van der Waals surface area contributed by atoms with Crippen LogP contribution >= 0.6 is 0 Å². The zero-order valence-corrected chi connectivity index (χ0v) is 13.9. The fourth-order valence-electron chi connectivity index (χ4n) is 2.91. The molecule has 0 radical (unpaired) electrons. The van der Waals surface area contributed by atoms with Crippen LogP contribution in [0.25, 0.3) is 0 Å². The molecule has 0 bridgehead atoms. The van der Waals surface area contributed by atoms with Gasteiger partial charge in [0, 0.05) is 12.8 Å². The first-order chi connectivity index (χ1) is 10.3. The van der Waals surface area contributed by atoms with Crippen molar-refractivity contribution in [2.75, 3.05) is 0 Å². The molecular formula is C19H25NO2. The standard InChI is InChI=1S/C19H25NO2/c1-5-8-16(21)18-15(11-19(3,4)12-17(18)22)20-14-10-7-6-9-13(14)2/h6-7,9-10,21H,5,8,11-12H2,1-4H3/b18-16+,20-15?. The van der Waals surface area contributed by atoms with Gasteiger partial charge in [-0.25, -0.2) is 0 Å². The maximum Gasteiger partial charge on any atom is 0.168 e. The summed E-state index contributed by atoms with van der Waals surface area (Å²) in [5.74, 6) is 0.199. The molecule has 1 aromatic rings. The van der Waals surface area contributed by atoms with E-state index in [4.69, 9.17) is 4.99 Å². The van der Waals surface area contributed by atoms with Crippen molar-refractivity contribution in [1.82, 2.24) is 0 Å². The molecule has 22 heavy (non-hydrogen) atoms. The third-order valence-electron chi connectivity index (χ3n) is 4.00. The van der Waals surface area contributed by atoms with Gasteiger partial charge >= 0.3 is 0 Å². The number of ketones is 1. The number of aliphatic imine (C=N–C) groups is 1. The molecule has 0 atom stereocenters. The Bertz CT molecular complexity index is 639. The highest BCUT2D eigenvalue weighted by molar-refractivity contribution is 6.25. The average Bonchev–Trinajstić information content (AvgIpc) is 2.39. The fourth-order valence-corrected chi connectivity index (χ4v) is 2.91. The number of hydrogen-bond acceptors (Lipinski definition) is 3. The first kappa shape index (κ1) is 16.5. The third kappa shape index (κ3) is 3.65. The molecule has 0 heterocycles. The maximum absolute atomic E-state index is 12.5. The van der Waals surface area contributed by atoms with Crippen molar-refractivity contribution in [2.45, 2.75) is 53.4 Å². The van der Waals surface area contributed by atoms with Gasteiger partial charge in [-0.1, -0.05) is 39.0 Å². The van der Waals surface area contributed by atoms with Gasteiger partial charge in [0.2, 0.25) is 0 Å². The number of Topliss-reactive ketones (excluding diaryl/α,β-unsaturated/α-hetero) is 1. The van der Waals surface area contributed by atoms with Crippen LogP contribution in [0.15, 0.2) is 40.6 Å². The van der Waals surface area contributed by atoms with Crippen LogP contribution in [0.2, 0.25) is 0 Å². The summed E-state index contributed by atoms with van der Waals surface area (Å²) in [6.07, 6.45) is 2.50. The van der Waals surface area contributed by atoms with Crippen molar-refractivity contribution in [3.63, 3.8) is 0 Å². The van der Waals surface area contributed by atoms with E-state index in [-0.39, 0.29) is 17.0 Å². The molecule has 2 rings (SSSR count). The Hall–Kier alpha value is -1.90. The van der Waals surface area contributed by atoms with Crippen molar-refractivity contribution < 1.29 is 9.90 Å². The largest absolute Gasteiger partial charge is 0.511 e. The van der Waals surface area contributed by atoms with E-state index in [0.29, 0.717) is 24.8 Å². The van der Waals surface area contributed by atoms with E-state index >= 15 is 0 Å². The lowest BCUT2D eigenvalue weighted by molar-refractivity contribution is -0.117. The van der Waals surface area contributed by atoms with E-state index in [0.717, 1.165) is 23.4 Å². The van der Waals surface area contributed by atoms with Crippen LogP contribution in [0.1, 0.15) is 52.0 Å². The Morgan fingerprint density at radius 3 is 2.59 bits per heavy atom. The summed E-state index contributed by atoms with van der Waals surface area (Å²) in [6, 6.07) is 7.87. The number of aliphatic hydroxyl groups excluding tert-OH is 1. The van der Waals surface area contributed by atoms with Crippen molar-refractivity contribution in [3.8, 4) is 0 Å². The molecule has 0 aliphatic heterocycles. The Labute approximate surface area is 132 Å². The molecule has 0 amide bonds. The molecule has 1 aliphatic rings. The zero-order valence-electron chi connectivity index (χ0n) is 13.9. The zero-order chi connectivity index (χ0) is 16.3. The van der Waals surface area contributed by atoms with Crippen LogP contribution in [0.3, 0.4) is 0 Å². The lowest BCUT2D eigenvalue weighted by Gasteiger charge is -2.31. The summed E-state index contributed by atoms with van der Waals surface area (Å²) in [6.45, 7) is 8.15. The summed E-state index contributed by atoms with van der Waals surface area (Å²) in [5, 5.41) is 10.3. The molecule has 1 saturated carbocycles. The van der Waals surface area contributed by atoms with Gasteiger partial charge in [0.25, 0.3) is 0 Å².